The molecular formula is C4H7O7P. The highest BCUT2D eigenvalue weighted by Gasteiger charge is 2.30. The van der Waals surface area contributed by atoms with Crippen LogP contribution in [0, 0.1) is 0 Å². The number of carbonyl (C=O) groups is 2. The Morgan fingerprint density at radius 3 is 2.33 bits per heavy atom. The van der Waals surface area contributed by atoms with Crippen LogP contribution in [0.2, 0.25) is 0 Å². The van der Waals surface area contributed by atoms with Crippen LogP contribution in [0.15, 0.2) is 0 Å². The van der Waals surface area contributed by atoms with Gasteiger partial charge in [-0.3, -0.25) is 9.32 Å². The van der Waals surface area contributed by atoms with Gasteiger partial charge in [0, 0.05) is 6.92 Å². The van der Waals surface area contributed by atoms with Crippen molar-refractivity contribution in [1.29, 1.82) is 0 Å². The Morgan fingerprint density at radius 1 is 1.50 bits per heavy atom. The summed E-state index contributed by atoms with van der Waals surface area (Å²) in [7, 11) is -4.68. The lowest BCUT2D eigenvalue weighted by Gasteiger charge is -2.05. The molecule has 1 unspecified atom stereocenters. The Labute approximate surface area is 67.4 Å². The first kappa shape index (κ1) is 11.1. The SMILES string of the molecule is CC(=O)OCOP(=O)(O)C(=O)O. The van der Waals surface area contributed by atoms with Crippen molar-refractivity contribution < 1.29 is 33.4 Å². The van der Waals surface area contributed by atoms with Crippen LogP contribution in [0.1, 0.15) is 6.92 Å². The molecule has 0 amide bonds. The zero-order chi connectivity index (χ0) is 9.78. The topological polar surface area (TPSA) is 110 Å². The van der Waals surface area contributed by atoms with Gasteiger partial charge >= 0.3 is 19.3 Å². The van der Waals surface area contributed by atoms with Crippen molar-refractivity contribution in [1.82, 2.24) is 0 Å². The van der Waals surface area contributed by atoms with E-state index < -0.39 is 26.1 Å². The van der Waals surface area contributed by atoms with E-state index in [0.29, 0.717) is 0 Å². The van der Waals surface area contributed by atoms with Crippen molar-refractivity contribution in [2.75, 3.05) is 6.79 Å². The van der Waals surface area contributed by atoms with Crippen LogP contribution in [-0.2, 0) is 18.6 Å². The molecule has 0 heterocycles. The van der Waals surface area contributed by atoms with E-state index in [2.05, 4.69) is 9.26 Å². The van der Waals surface area contributed by atoms with Crippen LogP contribution in [0.4, 0.5) is 4.79 Å². The Balaban J connectivity index is 3.85. The fourth-order valence-corrected chi connectivity index (χ4v) is 0.542. The molecule has 0 radical (unpaired) electrons. The van der Waals surface area contributed by atoms with Crippen molar-refractivity contribution in [3.8, 4) is 0 Å². The highest BCUT2D eigenvalue weighted by atomic mass is 31.2. The smallest absolute Gasteiger partial charge is 0.438 e. The Bertz CT molecular complexity index is 234. The molecular weight excluding hydrogens is 191 g/mol. The summed E-state index contributed by atoms with van der Waals surface area (Å²) in [4.78, 5) is 28.4. The van der Waals surface area contributed by atoms with Gasteiger partial charge in [-0.15, -0.1) is 0 Å². The second-order valence-electron chi connectivity index (χ2n) is 1.69. The van der Waals surface area contributed by atoms with Gasteiger partial charge in [0.1, 0.15) is 0 Å². The molecule has 0 rings (SSSR count). The number of carbonyl (C=O) groups excluding carboxylic acids is 1. The Morgan fingerprint density at radius 2 is 2.00 bits per heavy atom. The first-order valence-electron chi connectivity index (χ1n) is 2.70. The van der Waals surface area contributed by atoms with Crippen molar-refractivity contribution in [3.05, 3.63) is 0 Å². The average Bonchev–Trinajstić information content (AvgIpc) is 1.85. The van der Waals surface area contributed by atoms with Crippen molar-refractivity contribution in [3.63, 3.8) is 0 Å². The fourth-order valence-electron chi connectivity index (χ4n) is 0.236. The Hall–Kier alpha value is -0.910. The summed E-state index contributed by atoms with van der Waals surface area (Å²) in [6.45, 7) is 0.196. The predicted octanol–water partition coefficient (Wildman–Crippen LogP) is 0.387. The number of hydrogen-bond donors (Lipinski definition) is 2. The maximum atomic E-state index is 10.4. The van der Waals surface area contributed by atoms with E-state index in [-0.39, 0.29) is 0 Å². The largest absolute Gasteiger partial charge is 0.472 e. The molecule has 0 aliphatic heterocycles. The lowest BCUT2D eigenvalue weighted by atomic mass is 10.8. The standard InChI is InChI=1S/C4H7O7P/c1-3(5)10-2-11-12(8,9)4(6)7/h2H2,1H3,(H,6,7)(H,8,9). The normalized spacial score (nSPS) is 14.8. The molecule has 2 N–H and O–H groups in total. The lowest BCUT2D eigenvalue weighted by Crippen LogP contribution is -2.06. The van der Waals surface area contributed by atoms with Crippen LogP contribution >= 0.6 is 7.60 Å². The maximum absolute atomic E-state index is 10.4. The van der Waals surface area contributed by atoms with Gasteiger partial charge in [-0.25, -0.2) is 9.36 Å². The highest BCUT2D eigenvalue weighted by molar-refractivity contribution is 7.70. The predicted molar refractivity (Wildman–Crippen MR) is 35.6 cm³/mol. The quantitative estimate of drug-likeness (QED) is 0.381. The van der Waals surface area contributed by atoms with Gasteiger partial charge < -0.3 is 14.7 Å². The second-order valence-corrected chi connectivity index (χ2v) is 3.37. The molecule has 0 aliphatic rings. The molecule has 0 aromatic carbocycles. The highest BCUT2D eigenvalue weighted by Crippen LogP contribution is 2.42. The molecule has 0 fully saturated rings. The fraction of sp³-hybridized carbons (Fsp3) is 0.500. The van der Waals surface area contributed by atoms with Crippen LogP contribution in [0.5, 0.6) is 0 Å². The molecule has 0 aliphatic carbocycles. The number of esters is 1. The number of ether oxygens (including phenoxy) is 1. The lowest BCUT2D eigenvalue weighted by molar-refractivity contribution is -0.147. The van der Waals surface area contributed by atoms with Crippen LogP contribution in [0.3, 0.4) is 0 Å². The molecule has 0 spiro atoms. The summed E-state index contributed by atoms with van der Waals surface area (Å²) in [5, 5.41) is 8.03. The number of hydrogen-bond acceptors (Lipinski definition) is 5. The first-order valence-corrected chi connectivity index (χ1v) is 4.28. The molecule has 8 heteroatoms. The van der Waals surface area contributed by atoms with Gasteiger partial charge in [0.25, 0.3) is 0 Å². The molecule has 0 aromatic heterocycles. The summed E-state index contributed by atoms with van der Waals surface area (Å²) in [5.74, 6) is -0.736. The van der Waals surface area contributed by atoms with E-state index >= 15 is 0 Å². The third-order valence-electron chi connectivity index (χ3n) is 0.732. The molecule has 0 saturated heterocycles. The van der Waals surface area contributed by atoms with Gasteiger partial charge in [0.15, 0.2) is 0 Å². The minimum absolute atomic E-state index is 0.736. The average molecular weight is 198 g/mol. The third-order valence-corrected chi connectivity index (χ3v) is 1.67. The molecule has 70 valence electrons. The number of carboxylic acid groups (broad SMARTS) is 1. The molecule has 0 aromatic rings. The van der Waals surface area contributed by atoms with Crippen molar-refractivity contribution in [2.45, 2.75) is 6.92 Å². The number of rotatable bonds is 4. The van der Waals surface area contributed by atoms with Crippen LogP contribution in [-0.4, -0.2) is 28.5 Å². The van der Waals surface area contributed by atoms with Crippen LogP contribution < -0.4 is 0 Å². The van der Waals surface area contributed by atoms with E-state index in [1.54, 1.807) is 0 Å². The summed E-state index contributed by atoms with van der Waals surface area (Å²) in [6, 6.07) is 0. The minimum atomic E-state index is -4.68. The van der Waals surface area contributed by atoms with E-state index in [9.17, 15) is 14.2 Å². The van der Waals surface area contributed by atoms with Crippen molar-refractivity contribution >= 4 is 19.3 Å². The summed E-state index contributed by atoms with van der Waals surface area (Å²) in [6.07, 6.45) is 0. The van der Waals surface area contributed by atoms with Gasteiger partial charge in [0.05, 0.1) is 0 Å². The van der Waals surface area contributed by atoms with Gasteiger partial charge in [-0.05, 0) is 0 Å². The van der Waals surface area contributed by atoms with Crippen molar-refractivity contribution in [2.24, 2.45) is 0 Å². The third kappa shape index (κ3) is 4.07. The minimum Gasteiger partial charge on any atom is -0.472 e. The molecule has 12 heavy (non-hydrogen) atoms. The van der Waals surface area contributed by atoms with Gasteiger partial charge in [-0.1, -0.05) is 0 Å². The first-order chi connectivity index (χ1) is 5.36. The van der Waals surface area contributed by atoms with Gasteiger partial charge in [-0.2, -0.15) is 0 Å². The monoisotopic (exact) mass is 198 g/mol. The van der Waals surface area contributed by atoms with E-state index in [1.807, 2.05) is 0 Å². The summed E-state index contributed by atoms with van der Waals surface area (Å²) in [5.41, 5.74) is -1.99. The second kappa shape index (κ2) is 4.20. The Kier molecular flexibility index (Phi) is 3.88. The maximum Gasteiger partial charge on any atom is 0.438 e. The van der Waals surface area contributed by atoms with Gasteiger partial charge in [0.2, 0.25) is 6.79 Å². The summed E-state index contributed by atoms with van der Waals surface area (Å²) < 4.78 is 18.4. The van der Waals surface area contributed by atoms with Crippen LogP contribution in [0.25, 0.3) is 0 Å². The zero-order valence-corrected chi connectivity index (χ0v) is 6.98. The molecule has 7 nitrogen and oxygen atoms in total. The zero-order valence-electron chi connectivity index (χ0n) is 6.09. The molecule has 0 bridgehead atoms. The van der Waals surface area contributed by atoms with E-state index in [0.717, 1.165) is 6.92 Å². The molecule has 1 atom stereocenters. The summed E-state index contributed by atoms with van der Waals surface area (Å²) >= 11 is 0. The van der Waals surface area contributed by atoms with E-state index in [1.165, 1.54) is 0 Å². The van der Waals surface area contributed by atoms with E-state index in [4.69, 9.17) is 10.00 Å². The molecule has 0 saturated carbocycles.